The van der Waals surface area contributed by atoms with Crippen LogP contribution in [0.25, 0.3) is 0 Å². The third-order valence-electron chi connectivity index (χ3n) is 2.95. The van der Waals surface area contributed by atoms with Gasteiger partial charge in [-0.25, -0.2) is 4.39 Å². The molecule has 0 bridgehead atoms. The summed E-state index contributed by atoms with van der Waals surface area (Å²) in [5.41, 5.74) is 1.79. The minimum atomic E-state index is -0.365. The molecule has 2 rings (SSSR count). The molecule has 0 radical (unpaired) electrons. The molecule has 0 spiro atoms. The summed E-state index contributed by atoms with van der Waals surface area (Å²) in [5.74, 6) is -0.648. The second kappa shape index (κ2) is 7.00. The molecular weight excluding hydrogens is 261 g/mol. The fourth-order valence-electron chi connectivity index (χ4n) is 2.04. The van der Waals surface area contributed by atoms with Crippen LogP contribution in [0.15, 0.2) is 23.2 Å². The van der Waals surface area contributed by atoms with Crippen molar-refractivity contribution in [2.45, 2.75) is 13.5 Å². The number of carbonyl (C=O) groups excluding carboxylic acids is 1. The van der Waals surface area contributed by atoms with E-state index < -0.39 is 0 Å². The number of anilines is 1. The second-order valence-electron chi connectivity index (χ2n) is 4.40. The van der Waals surface area contributed by atoms with Gasteiger partial charge in [0.15, 0.2) is 0 Å². The van der Waals surface area contributed by atoms with Crippen LogP contribution in [0.3, 0.4) is 0 Å². The predicted octanol–water partition coefficient (Wildman–Crippen LogP) is 1.33. The van der Waals surface area contributed by atoms with E-state index in [9.17, 15) is 9.18 Å². The van der Waals surface area contributed by atoms with Gasteiger partial charge in [-0.15, -0.1) is 0 Å². The zero-order valence-electron chi connectivity index (χ0n) is 11.4. The van der Waals surface area contributed by atoms with Gasteiger partial charge >= 0.3 is 5.97 Å². The first-order valence-corrected chi connectivity index (χ1v) is 6.62. The number of esters is 1. The number of ether oxygens (including phenoxy) is 1. The summed E-state index contributed by atoms with van der Waals surface area (Å²) in [6, 6.07) is 4.69. The lowest BCUT2D eigenvalue weighted by Crippen LogP contribution is -2.27. The molecule has 0 amide bonds. The lowest BCUT2D eigenvalue weighted by atomic mass is 10.1. The SMILES string of the molecule is CCOC(=O)CN=CN1CCNCc2ccc(F)cc21. The summed E-state index contributed by atoms with van der Waals surface area (Å²) in [6.07, 6.45) is 1.57. The summed E-state index contributed by atoms with van der Waals surface area (Å²) in [5, 5.41) is 3.25. The van der Waals surface area contributed by atoms with E-state index in [-0.39, 0.29) is 18.3 Å². The molecule has 1 heterocycles. The van der Waals surface area contributed by atoms with Crippen molar-refractivity contribution >= 4 is 18.0 Å². The first-order chi connectivity index (χ1) is 9.70. The number of nitrogens with zero attached hydrogens (tertiary/aromatic N) is 2. The van der Waals surface area contributed by atoms with Gasteiger partial charge in [-0.2, -0.15) is 0 Å². The Morgan fingerprint density at radius 3 is 3.25 bits per heavy atom. The van der Waals surface area contributed by atoms with Gasteiger partial charge in [-0.05, 0) is 24.6 Å². The normalized spacial score (nSPS) is 15.0. The highest BCUT2D eigenvalue weighted by Crippen LogP contribution is 2.22. The topological polar surface area (TPSA) is 53.9 Å². The zero-order chi connectivity index (χ0) is 14.4. The second-order valence-corrected chi connectivity index (χ2v) is 4.40. The molecule has 0 fully saturated rings. The number of hydrogen-bond donors (Lipinski definition) is 1. The molecule has 6 heteroatoms. The molecule has 0 aromatic heterocycles. The smallest absolute Gasteiger partial charge is 0.327 e. The maximum absolute atomic E-state index is 13.4. The minimum Gasteiger partial charge on any atom is -0.465 e. The van der Waals surface area contributed by atoms with Crippen LogP contribution in [-0.2, 0) is 16.1 Å². The molecule has 0 aliphatic carbocycles. The van der Waals surface area contributed by atoms with Gasteiger partial charge in [-0.3, -0.25) is 9.79 Å². The van der Waals surface area contributed by atoms with E-state index in [2.05, 4.69) is 10.3 Å². The van der Waals surface area contributed by atoms with Crippen molar-refractivity contribution in [3.05, 3.63) is 29.6 Å². The maximum atomic E-state index is 13.4. The molecule has 5 nitrogen and oxygen atoms in total. The number of benzene rings is 1. The van der Waals surface area contributed by atoms with Crippen molar-refractivity contribution in [1.29, 1.82) is 0 Å². The molecule has 1 N–H and O–H groups in total. The predicted molar refractivity (Wildman–Crippen MR) is 75.4 cm³/mol. The van der Waals surface area contributed by atoms with Crippen molar-refractivity contribution in [3.63, 3.8) is 0 Å². The van der Waals surface area contributed by atoms with E-state index >= 15 is 0 Å². The van der Waals surface area contributed by atoms with E-state index in [1.54, 1.807) is 19.3 Å². The third kappa shape index (κ3) is 3.77. The molecule has 0 atom stereocenters. The third-order valence-corrected chi connectivity index (χ3v) is 2.95. The average molecular weight is 279 g/mol. The van der Waals surface area contributed by atoms with E-state index in [1.165, 1.54) is 12.1 Å². The van der Waals surface area contributed by atoms with Gasteiger partial charge in [0.05, 0.1) is 12.9 Å². The molecule has 0 saturated heterocycles. The quantitative estimate of drug-likeness (QED) is 0.513. The Kier molecular flexibility index (Phi) is 5.06. The summed E-state index contributed by atoms with van der Waals surface area (Å²) in [7, 11) is 0. The highest BCUT2D eigenvalue weighted by Gasteiger charge is 2.14. The Labute approximate surface area is 117 Å². The molecule has 1 aliphatic rings. The van der Waals surface area contributed by atoms with E-state index in [4.69, 9.17) is 4.74 Å². The number of rotatable bonds is 4. The van der Waals surface area contributed by atoms with Crippen molar-refractivity contribution in [2.24, 2.45) is 4.99 Å². The Balaban J connectivity index is 2.10. The van der Waals surface area contributed by atoms with Gasteiger partial charge in [-0.1, -0.05) is 6.07 Å². The molecule has 20 heavy (non-hydrogen) atoms. The van der Waals surface area contributed by atoms with Crippen LogP contribution < -0.4 is 10.2 Å². The van der Waals surface area contributed by atoms with Crippen LogP contribution in [0, 0.1) is 5.82 Å². The monoisotopic (exact) mass is 279 g/mol. The van der Waals surface area contributed by atoms with E-state index in [0.717, 1.165) is 17.8 Å². The summed E-state index contributed by atoms with van der Waals surface area (Å²) >= 11 is 0. The fraction of sp³-hybridized carbons (Fsp3) is 0.429. The van der Waals surface area contributed by atoms with E-state index in [1.807, 2.05) is 4.90 Å². The van der Waals surface area contributed by atoms with Crippen LogP contribution in [0.2, 0.25) is 0 Å². The van der Waals surface area contributed by atoms with Crippen molar-refractivity contribution < 1.29 is 13.9 Å². The molecule has 108 valence electrons. The number of nitrogens with one attached hydrogen (secondary N) is 1. The first-order valence-electron chi connectivity index (χ1n) is 6.62. The lowest BCUT2D eigenvalue weighted by molar-refractivity contribution is -0.141. The number of aliphatic imine (C=N–C) groups is 1. The molecule has 1 aromatic rings. The summed E-state index contributed by atoms with van der Waals surface area (Å²) < 4.78 is 18.2. The van der Waals surface area contributed by atoms with Gasteiger partial charge in [0, 0.05) is 25.3 Å². The Morgan fingerprint density at radius 1 is 1.60 bits per heavy atom. The minimum absolute atomic E-state index is 0.0254. The average Bonchev–Trinajstić information content (AvgIpc) is 2.62. The maximum Gasteiger partial charge on any atom is 0.327 e. The molecule has 0 saturated carbocycles. The van der Waals surface area contributed by atoms with E-state index in [0.29, 0.717) is 19.7 Å². The lowest BCUT2D eigenvalue weighted by Gasteiger charge is -2.19. The Hall–Kier alpha value is -1.95. The van der Waals surface area contributed by atoms with Crippen molar-refractivity contribution in [2.75, 3.05) is 31.1 Å². The van der Waals surface area contributed by atoms with Gasteiger partial charge < -0.3 is 15.0 Å². The summed E-state index contributed by atoms with van der Waals surface area (Å²) in [6.45, 7) is 4.20. The van der Waals surface area contributed by atoms with Gasteiger partial charge in [0.2, 0.25) is 0 Å². The van der Waals surface area contributed by atoms with Gasteiger partial charge in [0.1, 0.15) is 12.4 Å². The number of fused-ring (bicyclic) bond motifs is 1. The molecule has 0 unspecified atom stereocenters. The van der Waals surface area contributed by atoms with Crippen molar-refractivity contribution in [3.8, 4) is 0 Å². The number of halogens is 1. The first kappa shape index (κ1) is 14.5. The largest absolute Gasteiger partial charge is 0.465 e. The Morgan fingerprint density at radius 2 is 2.45 bits per heavy atom. The van der Waals surface area contributed by atoms with Crippen LogP contribution in [0.4, 0.5) is 10.1 Å². The summed E-state index contributed by atoms with van der Waals surface area (Å²) in [4.78, 5) is 17.1. The number of hydrogen-bond acceptors (Lipinski definition) is 4. The van der Waals surface area contributed by atoms with Crippen LogP contribution in [0.5, 0.6) is 0 Å². The van der Waals surface area contributed by atoms with Crippen LogP contribution in [0.1, 0.15) is 12.5 Å². The molecule has 1 aromatic carbocycles. The number of carbonyl (C=O) groups is 1. The van der Waals surface area contributed by atoms with Crippen LogP contribution >= 0.6 is 0 Å². The highest BCUT2D eigenvalue weighted by atomic mass is 19.1. The van der Waals surface area contributed by atoms with Crippen molar-refractivity contribution in [1.82, 2.24) is 5.32 Å². The van der Waals surface area contributed by atoms with Crippen LogP contribution in [-0.4, -0.2) is 38.5 Å². The molecular formula is C14H18FN3O2. The Bertz CT molecular complexity index is 505. The highest BCUT2D eigenvalue weighted by molar-refractivity contribution is 5.83. The molecule has 1 aliphatic heterocycles. The van der Waals surface area contributed by atoms with Gasteiger partial charge in [0.25, 0.3) is 0 Å². The zero-order valence-corrected chi connectivity index (χ0v) is 11.4. The standard InChI is InChI=1S/C14H18FN3O2/c1-2-20-14(19)9-17-10-18-6-5-16-8-11-3-4-12(15)7-13(11)18/h3-4,7,10,16H,2,5-6,8-9H2,1H3. The fourth-order valence-corrected chi connectivity index (χ4v) is 2.04.